The van der Waals surface area contributed by atoms with Gasteiger partial charge in [0.1, 0.15) is 5.71 Å². The van der Waals surface area contributed by atoms with Gasteiger partial charge in [-0.2, -0.15) is 5.10 Å². The van der Waals surface area contributed by atoms with Crippen LogP contribution in [-0.2, 0) is 20.4 Å². The van der Waals surface area contributed by atoms with Crippen molar-refractivity contribution < 1.29 is 13.2 Å². The molecule has 122 valence electrons. The summed E-state index contributed by atoms with van der Waals surface area (Å²) >= 11 is 7.22. The van der Waals surface area contributed by atoms with E-state index in [2.05, 4.69) is 10.5 Å². The molecule has 0 aliphatic heterocycles. The Labute approximate surface area is 143 Å². The molecule has 1 amide bonds. The maximum absolute atomic E-state index is 11.4. The Morgan fingerprint density at radius 2 is 1.87 bits per heavy atom. The first-order chi connectivity index (χ1) is 10.7. The first kappa shape index (κ1) is 17.7. The molecule has 0 atom stereocenters. The second-order valence-corrected chi connectivity index (χ2v) is 8.72. The Morgan fingerprint density at radius 1 is 1.22 bits per heavy atom. The standard InChI is InChI=1S/C15H15ClN2O3S2/c1-10(19)17-18-15(11-3-5-12(16)6-4-11)14-8-7-13(22-14)9-23(2,20)21/h3-8H,9H2,1-2H3,(H,17,19). The van der Waals surface area contributed by atoms with Crippen molar-refractivity contribution in [3.63, 3.8) is 0 Å². The Balaban J connectivity index is 2.40. The molecule has 0 fully saturated rings. The molecule has 1 N–H and O–H groups in total. The lowest BCUT2D eigenvalue weighted by Gasteiger charge is -2.05. The molecule has 0 saturated heterocycles. The van der Waals surface area contributed by atoms with Gasteiger partial charge in [-0.15, -0.1) is 11.3 Å². The lowest BCUT2D eigenvalue weighted by Crippen LogP contribution is -2.16. The third-order valence-corrected chi connectivity index (χ3v) is 5.10. The van der Waals surface area contributed by atoms with Gasteiger partial charge in [-0.25, -0.2) is 13.8 Å². The van der Waals surface area contributed by atoms with Crippen LogP contribution in [0, 0.1) is 0 Å². The SMILES string of the molecule is CC(=O)NN=C(c1ccc(Cl)cc1)c1ccc(CS(C)(=O)=O)s1. The van der Waals surface area contributed by atoms with Crippen molar-refractivity contribution in [2.75, 3.05) is 6.26 Å². The van der Waals surface area contributed by atoms with Gasteiger partial charge in [0.25, 0.3) is 0 Å². The van der Waals surface area contributed by atoms with Crippen LogP contribution in [0.4, 0.5) is 0 Å². The minimum absolute atomic E-state index is 0.0221. The zero-order chi connectivity index (χ0) is 17.0. The Hall–Kier alpha value is -1.70. The van der Waals surface area contributed by atoms with Gasteiger partial charge >= 0.3 is 0 Å². The van der Waals surface area contributed by atoms with Gasteiger partial charge in [-0.05, 0) is 24.3 Å². The second kappa shape index (κ2) is 7.25. The number of benzene rings is 1. The molecule has 0 saturated carbocycles. The van der Waals surface area contributed by atoms with Gasteiger partial charge in [0, 0.05) is 28.6 Å². The Bertz CT molecular complexity index is 840. The van der Waals surface area contributed by atoms with Crippen LogP contribution in [0.1, 0.15) is 22.2 Å². The number of carbonyl (C=O) groups is 1. The van der Waals surface area contributed by atoms with Crippen LogP contribution in [0.25, 0.3) is 0 Å². The number of sulfone groups is 1. The summed E-state index contributed by atoms with van der Waals surface area (Å²) in [6.45, 7) is 1.37. The topological polar surface area (TPSA) is 75.6 Å². The zero-order valence-electron chi connectivity index (χ0n) is 12.5. The molecule has 0 bridgehead atoms. The number of halogens is 1. The van der Waals surface area contributed by atoms with Crippen molar-refractivity contribution >= 4 is 44.4 Å². The maximum atomic E-state index is 11.4. The largest absolute Gasteiger partial charge is 0.274 e. The molecule has 2 rings (SSSR count). The molecule has 0 unspecified atom stereocenters. The quantitative estimate of drug-likeness (QED) is 0.649. The highest BCUT2D eigenvalue weighted by molar-refractivity contribution is 7.90. The van der Waals surface area contributed by atoms with Crippen LogP contribution in [0.2, 0.25) is 5.02 Å². The predicted molar refractivity (Wildman–Crippen MR) is 93.8 cm³/mol. The van der Waals surface area contributed by atoms with Crippen molar-refractivity contribution in [3.05, 3.63) is 56.7 Å². The maximum Gasteiger partial charge on any atom is 0.236 e. The third kappa shape index (κ3) is 5.46. The van der Waals surface area contributed by atoms with E-state index in [0.717, 1.165) is 10.4 Å². The summed E-state index contributed by atoms with van der Waals surface area (Å²) in [6, 6.07) is 10.6. The smallest absolute Gasteiger partial charge is 0.236 e. The molecular weight excluding hydrogens is 356 g/mol. The van der Waals surface area contributed by atoms with Crippen LogP contribution < -0.4 is 5.43 Å². The predicted octanol–water partition coefficient (Wildman–Crippen LogP) is 2.83. The summed E-state index contributed by atoms with van der Waals surface area (Å²) in [5, 5.41) is 4.73. The fourth-order valence-corrected chi connectivity index (χ4v) is 4.28. The summed E-state index contributed by atoms with van der Waals surface area (Å²) < 4.78 is 22.8. The minimum atomic E-state index is -3.10. The van der Waals surface area contributed by atoms with E-state index in [0.29, 0.717) is 15.6 Å². The Morgan fingerprint density at radius 3 is 2.43 bits per heavy atom. The van der Waals surface area contributed by atoms with Crippen molar-refractivity contribution in [1.82, 2.24) is 5.43 Å². The molecule has 1 heterocycles. The van der Waals surface area contributed by atoms with Crippen molar-refractivity contribution in [2.45, 2.75) is 12.7 Å². The molecule has 2 aromatic rings. The van der Waals surface area contributed by atoms with E-state index in [4.69, 9.17) is 11.6 Å². The van der Waals surface area contributed by atoms with Crippen LogP contribution >= 0.6 is 22.9 Å². The van der Waals surface area contributed by atoms with Gasteiger partial charge in [0.15, 0.2) is 9.84 Å². The van der Waals surface area contributed by atoms with Gasteiger partial charge in [-0.3, -0.25) is 4.79 Å². The minimum Gasteiger partial charge on any atom is -0.274 e. The van der Waals surface area contributed by atoms with Crippen LogP contribution in [-0.4, -0.2) is 26.3 Å². The van der Waals surface area contributed by atoms with Crippen LogP contribution in [0.15, 0.2) is 41.5 Å². The van der Waals surface area contributed by atoms with E-state index in [1.54, 1.807) is 36.4 Å². The molecule has 1 aromatic carbocycles. The van der Waals surface area contributed by atoms with Gasteiger partial charge < -0.3 is 0 Å². The zero-order valence-corrected chi connectivity index (χ0v) is 14.9. The van der Waals surface area contributed by atoms with Crippen molar-refractivity contribution in [2.24, 2.45) is 5.10 Å². The number of hydrazone groups is 1. The van der Waals surface area contributed by atoms with Crippen LogP contribution in [0.3, 0.4) is 0 Å². The number of rotatable bonds is 5. The number of hydrogen-bond donors (Lipinski definition) is 1. The fraction of sp³-hybridized carbons (Fsp3) is 0.200. The molecule has 0 aliphatic carbocycles. The fourth-order valence-electron chi connectivity index (χ4n) is 1.85. The second-order valence-electron chi connectivity index (χ2n) is 4.97. The van der Waals surface area contributed by atoms with E-state index in [1.807, 2.05) is 0 Å². The molecule has 23 heavy (non-hydrogen) atoms. The number of amides is 1. The number of hydrogen-bond acceptors (Lipinski definition) is 5. The third-order valence-electron chi connectivity index (χ3n) is 2.74. The summed E-state index contributed by atoms with van der Waals surface area (Å²) in [7, 11) is -3.10. The molecule has 8 heteroatoms. The highest BCUT2D eigenvalue weighted by atomic mass is 35.5. The van der Waals surface area contributed by atoms with Gasteiger partial charge in [-0.1, -0.05) is 23.7 Å². The van der Waals surface area contributed by atoms with E-state index < -0.39 is 9.84 Å². The van der Waals surface area contributed by atoms with Crippen molar-refractivity contribution in [1.29, 1.82) is 0 Å². The normalized spacial score (nSPS) is 12.2. The van der Waals surface area contributed by atoms with Gasteiger partial charge in [0.2, 0.25) is 5.91 Å². The Kier molecular flexibility index (Phi) is 5.56. The number of carbonyl (C=O) groups excluding carboxylic acids is 1. The lowest BCUT2D eigenvalue weighted by atomic mass is 10.1. The highest BCUT2D eigenvalue weighted by Crippen LogP contribution is 2.23. The van der Waals surface area contributed by atoms with E-state index >= 15 is 0 Å². The molecule has 0 radical (unpaired) electrons. The lowest BCUT2D eigenvalue weighted by molar-refractivity contribution is -0.118. The van der Waals surface area contributed by atoms with Crippen molar-refractivity contribution in [3.8, 4) is 0 Å². The highest BCUT2D eigenvalue weighted by Gasteiger charge is 2.13. The number of thiophene rings is 1. The summed E-state index contributed by atoms with van der Waals surface area (Å²) in [6.07, 6.45) is 1.19. The average molecular weight is 371 g/mol. The van der Waals surface area contributed by atoms with E-state index in [1.165, 1.54) is 24.5 Å². The first-order valence-electron chi connectivity index (χ1n) is 6.61. The molecular formula is C15H15ClN2O3S2. The van der Waals surface area contributed by atoms with Crippen LogP contribution in [0.5, 0.6) is 0 Å². The average Bonchev–Trinajstić information content (AvgIpc) is 2.86. The van der Waals surface area contributed by atoms with E-state index in [-0.39, 0.29) is 11.7 Å². The van der Waals surface area contributed by atoms with E-state index in [9.17, 15) is 13.2 Å². The summed E-state index contributed by atoms with van der Waals surface area (Å²) in [4.78, 5) is 12.6. The van der Waals surface area contributed by atoms with Gasteiger partial charge in [0.05, 0.1) is 10.6 Å². The molecule has 5 nitrogen and oxygen atoms in total. The summed E-state index contributed by atoms with van der Waals surface area (Å²) in [5.74, 6) is -0.310. The monoisotopic (exact) mass is 370 g/mol. The molecule has 0 aliphatic rings. The molecule has 0 spiro atoms. The molecule has 1 aromatic heterocycles. The summed E-state index contributed by atoms with van der Waals surface area (Å²) in [5.41, 5.74) is 3.75. The number of nitrogens with zero attached hydrogens (tertiary/aromatic N) is 1. The first-order valence-corrected chi connectivity index (χ1v) is 9.87. The number of nitrogens with one attached hydrogen (secondary N) is 1.